The molecule has 0 bridgehead atoms. The molecule has 0 aromatic carbocycles. The van der Waals surface area contributed by atoms with Crippen molar-refractivity contribution in [2.75, 3.05) is 38.3 Å². The van der Waals surface area contributed by atoms with Gasteiger partial charge in [-0.15, -0.1) is 0 Å². The van der Waals surface area contributed by atoms with Crippen molar-refractivity contribution >= 4 is 34.9 Å². The molecule has 19 heavy (non-hydrogen) atoms. The lowest BCUT2D eigenvalue weighted by molar-refractivity contribution is -0.132. The summed E-state index contributed by atoms with van der Waals surface area (Å²) in [6.07, 6.45) is 3.56. The predicted octanol–water partition coefficient (Wildman–Crippen LogP) is 1.67. The molecule has 1 aliphatic heterocycles. The van der Waals surface area contributed by atoms with E-state index in [1.807, 2.05) is 16.7 Å². The molecule has 1 heterocycles. The molecular weight excluding hydrogens is 280 g/mol. The van der Waals surface area contributed by atoms with Gasteiger partial charge < -0.3 is 15.4 Å². The fourth-order valence-corrected chi connectivity index (χ4v) is 3.43. The molecule has 110 valence electrons. The van der Waals surface area contributed by atoms with Gasteiger partial charge in [0.05, 0.1) is 11.6 Å². The summed E-state index contributed by atoms with van der Waals surface area (Å²) in [5, 5.41) is 0. The van der Waals surface area contributed by atoms with Crippen LogP contribution in [0.4, 0.5) is 0 Å². The van der Waals surface area contributed by atoms with Gasteiger partial charge in [0.25, 0.3) is 0 Å². The van der Waals surface area contributed by atoms with Gasteiger partial charge in [-0.25, -0.2) is 0 Å². The summed E-state index contributed by atoms with van der Waals surface area (Å²) in [6, 6.07) is 0. The molecule has 0 aromatic rings. The number of thiocarbonyl (C=S) groups is 1. The first-order valence-electron chi connectivity index (χ1n) is 6.76. The molecule has 1 amide bonds. The van der Waals surface area contributed by atoms with E-state index in [4.69, 9.17) is 22.7 Å². The van der Waals surface area contributed by atoms with Crippen molar-refractivity contribution in [1.82, 2.24) is 4.90 Å². The van der Waals surface area contributed by atoms with Crippen molar-refractivity contribution in [1.29, 1.82) is 0 Å². The summed E-state index contributed by atoms with van der Waals surface area (Å²) in [6.45, 7) is 1.79. The Morgan fingerprint density at radius 1 is 1.42 bits per heavy atom. The smallest absolute Gasteiger partial charge is 0.222 e. The number of rotatable bonds is 8. The lowest BCUT2D eigenvalue weighted by atomic mass is 9.98. The molecule has 0 aliphatic carbocycles. The van der Waals surface area contributed by atoms with Crippen LogP contribution in [-0.4, -0.2) is 54.1 Å². The Bertz CT molecular complexity index is 294. The molecule has 1 aliphatic rings. The zero-order chi connectivity index (χ0) is 14.1. The zero-order valence-corrected chi connectivity index (χ0v) is 13.2. The van der Waals surface area contributed by atoms with E-state index in [1.165, 1.54) is 11.5 Å². The molecule has 0 atom stereocenters. The van der Waals surface area contributed by atoms with Crippen LogP contribution >= 0.6 is 24.0 Å². The molecule has 1 fully saturated rings. The second-order valence-electron chi connectivity index (χ2n) is 4.85. The number of nitrogens with zero attached hydrogens (tertiary/aromatic N) is 1. The van der Waals surface area contributed by atoms with E-state index in [0.717, 1.165) is 12.8 Å². The summed E-state index contributed by atoms with van der Waals surface area (Å²) in [7, 11) is 1.65. The van der Waals surface area contributed by atoms with Crippen LogP contribution in [0.2, 0.25) is 0 Å². The molecule has 0 aromatic heterocycles. The predicted molar refractivity (Wildman–Crippen MR) is 84.5 cm³/mol. The number of methoxy groups -OCH3 is 1. The van der Waals surface area contributed by atoms with Gasteiger partial charge in [-0.3, -0.25) is 4.79 Å². The van der Waals surface area contributed by atoms with Crippen LogP contribution < -0.4 is 5.73 Å². The highest BCUT2D eigenvalue weighted by atomic mass is 32.2. The van der Waals surface area contributed by atoms with Gasteiger partial charge in [0.15, 0.2) is 0 Å². The molecular formula is C13H24N2O2S2. The Morgan fingerprint density at radius 3 is 2.68 bits per heavy atom. The van der Waals surface area contributed by atoms with Crippen molar-refractivity contribution in [2.24, 2.45) is 11.7 Å². The lowest BCUT2D eigenvalue weighted by Gasteiger charge is -2.26. The minimum Gasteiger partial charge on any atom is -0.393 e. The Labute approximate surface area is 125 Å². The fraction of sp³-hybridized carbons (Fsp3) is 0.846. The number of carbonyl (C=O) groups excluding carboxylic acids is 1. The van der Waals surface area contributed by atoms with Crippen molar-refractivity contribution in [2.45, 2.75) is 25.7 Å². The second-order valence-corrected chi connectivity index (χ2v) is 6.60. The standard InChI is InChI=1S/C13H24N2O2S2/c1-17-7-6-15(5-2-12(14)18)13(16)10-11-3-8-19-9-4-11/h11H,2-10H2,1H3,(H2,14,18). The number of hydrogen-bond acceptors (Lipinski definition) is 4. The average molecular weight is 304 g/mol. The lowest BCUT2D eigenvalue weighted by Crippen LogP contribution is -2.37. The minimum atomic E-state index is 0.213. The first kappa shape index (κ1) is 16.7. The Hall–Kier alpha value is -0.330. The average Bonchev–Trinajstić information content (AvgIpc) is 2.39. The number of carbonyl (C=O) groups is 1. The Morgan fingerprint density at radius 2 is 2.11 bits per heavy atom. The van der Waals surface area contributed by atoms with Gasteiger partial charge in [0.1, 0.15) is 0 Å². The van der Waals surface area contributed by atoms with Crippen LogP contribution in [0.3, 0.4) is 0 Å². The number of hydrogen-bond donors (Lipinski definition) is 1. The number of thioether (sulfide) groups is 1. The second kappa shape index (κ2) is 9.55. The highest BCUT2D eigenvalue weighted by molar-refractivity contribution is 7.99. The normalized spacial score (nSPS) is 16.3. The van der Waals surface area contributed by atoms with Crippen LogP contribution in [0.25, 0.3) is 0 Å². The summed E-state index contributed by atoms with van der Waals surface area (Å²) in [5.41, 5.74) is 5.51. The molecule has 0 spiro atoms. The van der Waals surface area contributed by atoms with Crippen LogP contribution in [0.15, 0.2) is 0 Å². The van der Waals surface area contributed by atoms with Crippen LogP contribution in [-0.2, 0) is 9.53 Å². The molecule has 0 unspecified atom stereocenters. The van der Waals surface area contributed by atoms with Gasteiger partial charge >= 0.3 is 0 Å². The molecule has 0 radical (unpaired) electrons. The molecule has 2 N–H and O–H groups in total. The third-order valence-corrected chi connectivity index (χ3v) is 4.60. The quantitative estimate of drug-likeness (QED) is 0.691. The van der Waals surface area contributed by atoms with Crippen LogP contribution in [0.5, 0.6) is 0 Å². The number of ether oxygens (including phenoxy) is 1. The summed E-state index contributed by atoms with van der Waals surface area (Å²) in [4.78, 5) is 14.6. The minimum absolute atomic E-state index is 0.213. The van der Waals surface area contributed by atoms with E-state index in [2.05, 4.69) is 0 Å². The zero-order valence-electron chi connectivity index (χ0n) is 11.6. The fourth-order valence-electron chi connectivity index (χ4n) is 2.13. The van der Waals surface area contributed by atoms with Gasteiger partial charge in [-0.2, -0.15) is 11.8 Å². The molecule has 0 saturated carbocycles. The molecule has 6 heteroatoms. The largest absolute Gasteiger partial charge is 0.393 e. The van der Waals surface area contributed by atoms with E-state index in [1.54, 1.807) is 7.11 Å². The monoisotopic (exact) mass is 304 g/mol. The Kier molecular flexibility index (Phi) is 8.41. The van der Waals surface area contributed by atoms with E-state index < -0.39 is 0 Å². The van der Waals surface area contributed by atoms with Crippen LogP contribution in [0.1, 0.15) is 25.7 Å². The number of amides is 1. The van der Waals surface area contributed by atoms with Crippen molar-refractivity contribution in [3.05, 3.63) is 0 Å². The summed E-state index contributed by atoms with van der Waals surface area (Å²) < 4.78 is 5.06. The first-order chi connectivity index (χ1) is 9.13. The summed E-state index contributed by atoms with van der Waals surface area (Å²) >= 11 is 6.86. The maximum Gasteiger partial charge on any atom is 0.222 e. The maximum atomic E-state index is 12.3. The van der Waals surface area contributed by atoms with Gasteiger partial charge in [-0.05, 0) is 30.3 Å². The summed E-state index contributed by atoms with van der Waals surface area (Å²) in [5.74, 6) is 3.13. The third-order valence-electron chi connectivity index (χ3n) is 3.35. The van der Waals surface area contributed by atoms with Crippen molar-refractivity contribution in [3.63, 3.8) is 0 Å². The first-order valence-corrected chi connectivity index (χ1v) is 8.32. The third kappa shape index (κ3) is 7.13. The molecule has 1 rings (SSSR count). The number of nitrogens with two attached hydrogens (primary N) is 1. The Balaban J connectivity index is 2.41. The van der Waals surface area contributed by atoms with Crippen molar-refractivity contribution < 1.29 is 9.53 Å². The van der Waals surface area contributed by atoms with Gasteiger partial charge in [0.2, 0.25) is 5.91 Å². The highest BCUT2D eigenvalue weighted by Crippen LogP contribution is 2.25. The highest BCUT2D eigenvalue weighted by Gasteiger charge is 2.21. The van der Waals surface area contributed by atoms with Gasteiger partial charge in [-0.1, -0.05) is 12.2 Å². The van der Waals surface area contributed by atoms with E-state index in [9.17, 15) is 4.79 Å². The van der Waals surface area contributed by atoms with E-state index in [0.29, 0.717) is 43.4 Å². The van der Waals surface area contributed by atoms with Crippen LogP contribution in [0, 0.1) is 5.92 Å². The maximum absolute atomic E-state index is 12.3. The van der Waals surface area contributed by atoms with E-state index in [-0.39, 0.29) is 5.91 Å². The SMILES string of the molecule is COCCN(CCC(N)=S)C(=O)CC1CCSCC1. The van der Waals surface area contributed by atoms with Crippen molar-refractivity contribution in [3.8, 4) is 0 Å². The molecule has 1 saturated heterocycles. The molecule has 4 nitrogen and oxygen atoms in total. The van der Waals surface area contributed by atoms with E-state index >= 15 is 0 Å². The van der Waals surface area contributed by atoms with Gasteiger partial charge in [0, 0.05) is 33.0 Å². The topological polar surface area (TPSA) is 55.6 Å².